The van der Waals surface area contributed by atoms with E-state index in [1.807, 2.05) is 0 Å². The van der Waals surface area contributed by atoms with Gasteiger partial charge in [0.25, 0.3) is 5.91 Å². The lowest BCUT2D eigenvalue weighted by Crippen LogP contribution is -2.45. The molecule has 1 aromatic carbocycles. The minimum Gasteiger partial charge on any atom is -0.497 e. The van der Waals surface area contributed by atoms with E-state index >= 15 is 0 Å². The minimum atomic E-state index is -0.667. The second-order valence-corrected chi connectivity index (χ2v) is 7.33. The molecule has 1 fully saturated rings. The number of benzene rings is 1. The Morgan fingerprint density at radius 2 is 1.86 bits per heavy atom. The summed E-state index contributed by atoms with van der Waals surface area (Å²) in [5, 5.41) is 0. The number of carbonyl (C=O) groups is 3. The van der Waals surface area contributed by atoms with Crippen molar-refractivity contribution in [2.24, 2.45) is 0 Å². The molecular weight excluding hydrogens is 372 g/mol. The maximum absolute atomic E-state index is 13.4. The number of aromatic amines is 1. The molecule has 1 aromatic heterocycles. The van der Waals surface area contributed by atoms with Crippen LogP contribution in [-0.4, -0.2) is 53.8 Å². The molecule has 2 aromatic rings. The van der Waals surface area contributed by atoms with Gasteiger partial charge in [-0.25, -0.2) is 4.79 Å². The number of H-pyrrole nitrogens is 1. The third kappa shape index (κ3) is 3.90. The van der Waals surface area contributed by atoms with Gasteiger partial charge in [0.1, 0.15) is 11.4 Å². The van der Waals surface area contributed by atoms with Gasteiger partial charge in [0.2, 0.25) is 0 Å². The van der Waals surface area contributed by atoms with Gasteiger partial charge in [0.05, 0.1) is 20.3 Å². The molecular formula is C22H26N2O5. The number of methoxy groups -OCH3 is 2. The highest BCUT2D eigenvalue weighted by molar-refractivity contribution is 6.07. The van der Waals surface area contributed by atoms with E-state index < -0.39 is 12.0 Å². The van der Waals surface area contributed by atoms with Crippen LogP contribution in [0.4, 0.5) is 0 Å². The Morgan fingerprint density at radius 3 is 2.45 bits per heavy atom. The Labute approximate surface area is 170 Å². The largest absolute Gasteiger partial charge is 0.497 e. The van der Waals surface area contributed by atoms with Crippen LogP contribution in [0, 0.1) is 13.8 Å². The second-order valence-electron chi connectivity index (χ2n) is 7.33. The smallest absolute Gasteiger partial charge is 0.354 e. The molecule has 0 saturated heterocycles. The molecule has 29 heavy (non-hydrogen) atoms. The summed E-state index contributed by atoms with van der Waals surface area (Å²) in [7, 11) is 2.84. The molecule has 3 rings (SSSR count). The molecule has 1 saturated carbocycles. The molecule has 1 amide bonds. The summed E-state index contributed by atoms with van der Waals surface area (Å²) in [4.78, 5) is 43.1. The minimum absolute atomic E-state index is 0.0345. The predicted octanol–water partition coefficient (Wildman–Crippen LogP) is 3.30. The summed E-state index contributed by atoms with van der Waals surface area (Å²) in [5.74, 6) is -0.338. The lowest BCUT2D eigenvalue weighted by molar-refractivity contribution is 0.0591. The average molecular weight is 398 g/mol. The lowest BCUT2D eigenvalue weighted by Gasteiger charge is -2.29. The normalized spacial score (nSPS) is 14.2. The quantitative estimate of drug-likeness (QED) is 0.571. The van der Waals surface area contributed by atoms with Crippen LogP contribution in [0.1, 0.15) is 62.2 Å². The van der Waals surface area contributed by atoms with Crippen LogP contribution in [-0.2, 0) is 4.74 Å². The van der Waals surface area contributed by atoms with E-state index in [1.54, 1.807) is 57.0 Å². The summed E-state index contributed by atoms with van der Waals surface area (Å²) in [6.45, 7) is 5.19. The van der Waals surface area contributed by atoms with Crippen molar-refractivity contribution in [3.63, 3.8) is 0 Å². The van der Waals surface area contributed by atoms with Crippen molar-refractivity contribution >= 4 is 17.7 Å². The van der Waals surface area contributed by atoms with Crippen molar-refractivity contribution in [3.8, 4) is 5.75 Å². The number of aromatic nitrogens is 1. The van der Waals surface area contributed by atoms with Crippen LogP contribution < -0.4 is 4.74 Å². The van der Waals surface area contributed by atoms with Crippen molar-refractivity contribution in [1.29, 1.82) is 0 Å². The Hall–Kier alpha value is -3.09. The van der Waals surface area contributed by atoms with Crippen molar-refractivity contribution in [1.82, 2.24) is 9.88 Å². The number of aryl methyl sites for hydroxylation is 1. The summed E-state index contributed by atoms with van der Waals surface area (Å²) in [6, 6.07) is 6.30. The molecule has 1 N–H and O–H groups in total. The first kappa shape index (κ1) is 20.6. The standard InChI is InChI=1S/C22H26N2O5/c1-12-18(13(2)23-19(12)22(27)29-5)20(25)14(3)24(16-9-10-16)21(26)15-7-6-8-17(11-15)28-4/h6-8,11,14,16,23H,9-10H2,1-5H3/t14-/m0/s1. The number of carbonyl (C=O) groups excluding carboxylic acids is 3. The van der Waals surface area contributed by atoms with E-state index in [9.17, 15) is 14.4 Å². The van der Waals surface area contributed by atoms with E-state index in [-0.39, 0.29) is 23.4 Å². The molecule has 0 unspecified atom stereocenters. The topological polar surface area (TPSA) is 88.7 Å². The van der Waals surface area contributed by atoms with E-state index in [4.69, 9.17) is 9.47 Å². The fourth-order valence-electron chi connectivity index (χ4n) is 3.68. The highest BCUT2D eigenvalue weighted by Gasteiger charge is 2.40. The molecule has 1 atom stereocenters. The Bertz CT molecular complexity index is 958. The van der Waals surface area contributed by atoms with Crippen LogP contribution in [0.5, 0.6) is 5.75 Å². The number of nitrogens with zero attached hydrogens (tertiary/aromatic N) is 1. The molecule has 7 nitrogen and oxygen atoms in total. The molecule has 0 aliphatic heterocycles. The van der Waals surface area contributed by atoms with Gasteiger partial charge >= 0.3 is 5.97 Å². The first-order chi connectivity index (χ1) is 13.8. The summed E-state index contributed by atoms with van der Waals surface area (Å²) < 4.78 is 10.0. The van der Waals surface area contributed by atoms with E-state index in [0.29, 0.717) is 28.1 Å². The molecule has 154 valence electrons. The average Bonchev–Trinajstić information content (AvgIpc) is 3.51. The van der Waals surface area contributed by atoms with Crippen LogP contribution >= 0.6 is 0 Å². The van der Waals surface area contributed by atoms with Gasteiger partial charge in [-0.3, -0.25) is 9.59 Å². The zero-order chi connectivity index (χ0) is 21.3. The fourth-order valence-corrected chi connectivity index (χ4v) is 3.68. The van der Waals surface area contributed by atoms with Gasteiger partial charge in [-0.1, -0.05) is 6.07 Å². The van der Waals surface area contributed by atoms with Gasteiger partial charge in [0.15, 0.2) is 5.78 Å². The fraction of sp³-hybridized carbons (Fsp3) is 0.409. The van der Waals surface area contributed by atoms with Crippen molar-refractivity contribution in [3.05, 3.63) is 52.3 Å². The van der Waals surface area contributed by atoms with Gasteiger partial charge in [-0.2, -0.15) is 0 Å². The lowest BCUT2D eigenvalue weighted by atomic mass is 9.99. The number of ketones is 1. The number of amides is 1. The predicted molar refractivity (Wildman–Crippen MR) is 108 cm³/mol. The van der Waals surface area contributed by atoms with Crippen molar-refractivity contribution in [2.75, 3.05) is 14.2 Å². The van der Waals surface area contributed by atoms with E-state index in [1.165, 1.54) is 7.11 Å². The Balaban J connectivity index is 1.93. The van der Waals surface area contributed by atoms with E-state index in [0.717, 1.165) is 12.8 Å². The monoisotopic (exact) mass is 398 g/mol. The van der Waals surface area contributed by atoms with Gasteiger partial charge in [0, 0.05) is 22.9 Å². The Morgan fingerprint density at radius 1 is 1.17 bits per heavy atom. The van der Waals surface area contributed by atoms with Gasteiger partial charge in [-0.05, 0) is 57.4 Å². The maximum atomic E-state index is 13.4. The Kier molecular flexibility index (Phi) is 5.77. The summed E-state index contributed by atoms with van der Waals surface area (Å²) in [6.07, 6.45) is 1.73. The van der Waals surface area contributed by atoms with E-state index in [2.05, 4.69) is 4.98 Å². The number of rotatable bonds is 7. The highest BCUT2D eigenvalue weighted by Crippen LogP contribution is 2.32. The number of esters is 1. The third-order valence-corrected chi connectivity index (χ3v) is 5.36. The molecule has 0 radical (unpaired) electrons. The van der Waals surface area contributed by atoms with Gasteiger partial charge in [-0.15, -0.1) is 0 Å². The molecule has 1 aliphatic carbocycles. The zero-order valence-electron chi connectivity index (χ0n) is 17.4. The molecule has 1 heterocycles. The third-order valence-electron chi connectivity index (χ3n) is 5.36. The zero-order valence-corrected chi connectivity index (χ0v) is 17.4. The SMILES string of the molecule is COC(=O)c1[nH]c(C)c(C(=O)[C@H](C)N(C(=O)c2cccc(OC)c2)C2CC2)c1C. The van der Waals surface area contributed by atoms with Gasteiger partial charge < -0.3 is 19.4 Å². The molecule has 7 heteroatoms. The highest BCUT2D eigenvalue weighted by atomic mass is 16.5. The van der Waals surface area contributed by atoms with Crippen LogP contribution in [0.25, 0.3) is 0 Å². The van der Waals surface area contributed by atoms with Crippen LogP contribution in [0.3, 0.4) is 0 Å². The molecule has 0 spiro atoms. The molecule has 0 bridgehead atoms. The van der Waals surface area contributed by atoms with Crippen molar-refractivity contribution < 1.29 is 23.9 Å². The number of Topliss-reactive ketones (excluding diaryl/α,β-unsaturated/α-hetero) is 1. The van der Waals surface area contributed by atoms with Crippen LogP contribution in [0.15, 0.2) is 24.3 Å². The summed E-state index contributed by atoms with van der Waals surface area (Å²) in [5.41, 5.74) is 2.30. The number of hydrogen-bond donors (Lipinski definition) is 1. The number of nitrogens with one attached hydrogen (secondary N) is 1. The second kappa shape index (κ2) is 8.11. The molecule has 1 aliphatic rings. The van der Waals surface area contributed by atoms with Crippen molar-refractivity contribution in [2.45, 2.75) is 45.7 Å². The first-order valence-electron chi connectivity index (χ1n) is 9.58. The number of ether oxygens (including phenoxy) is 2. The summed E-state index contributed by atoms with van der Waals surface area (Å²) >= 11 is 0. The number of hydrogen-bond acceptors (Lipinski definition) is 5. The maximum Gasteiger partial charge on any atom is 0.354 e. The first-order valence-corrected chi connectivity index (χ1v) is 9.58. The van der Waals surface area contributed by atoms with Crippen LogP contribution in [0.2, 0.25) is 0 Å².